The minimum Gasteiger partial charge on any atom is -0.325 e. The molecule has 9 nitrogen and oxygen atoms in total. The molecule has 0 atom stereocenters. The Balaban J connectivity index is 1.50. The Morgan fingerprint density at radius 1 is 1.10 bits per heavy atom. The van der Waals surface area contributed by atoms with Crippen LogP contribution in [-0.2, 0) is 16.0 Å². The molecular weight excluding hydrogens is 521 g/mol. The number of nitrogens with zero attached hydrogens (tertiary/aromatic N) is 5. The number of fused-ring (bicyclic) bond motifs is 4. The minimum atomic E-state index is -0.609. The number of halogens is 2. The summed E-state index contributed by atoms with van der Waals surface area (Å²) in [5, 5.41) is 17.2. The van der Waals surface area contributed by atoms with Crippen LogP contribution in [-0.4, -0.2) is 37.0 Å². The Labute approximate surface area is 228 Å². The van der Waals surface area contributed by atoms with Crippen molar-refractivity contribution in [2.24, 2.45) is 0 Å². The number of benzene rings is 2. The van der Waals surface area contributed by atoms with Gasteiger partial charge in [0.05, 0.1) is 17.1 Å². The summed E-state index contributed by atoms with van der Waals surface area (Å²) < 4.78 is 16.2. The molecule has 1 aliphatic heterocycles. The molecule has 2 aromatic carbocycles. The lowest BCUT2D eigenvalue weighted by Crippen LogP contribution is -2.14. The van der Waals surface area contributed by atoms with Gasteiger partial charge in [0.2, 0.25) is 11.8 Å². The zero-order valence-electron chi connectivity index (χ0n) is 20.6. The van der Waals surface area contributed by atoms with Crippen LogP contribution in [0.5, 0.6) is 0 Å². The van der Waals surface area contributed by atoms with E-state index in [1.54, 1.807) is 36.5 Å². The van der Waals surface area contributed by atoms with E-state index in [1.807, 2.05) is 18.2 Å². The van der Waals surface area contributed by atoms with Gasteiger partial charge in [-0.15, -0.1) is 5.10 Å². The standard InChI is InChI=1S/C28H23ClFN7O2/c29-20-8-9-25(37-17-32-35-36-37)18(13-20)7-10-27(39)34-24-16-21(30)15-23-28(24)19-11-12-31-22(14-19)5-3-1-2-4-6-26(38)33-23/h1-2,7-17H,3-6H2,(H,33,38)(H,34,39). The summed E-state index contributed by atoms with van der Waals surface area (Å²) in [5.41, 5.74) is 3.68. The van der Waals surface area contributed by atoms with Crippen molar-refractivity contribution in [3.8, 4) is 16.8 Å². The molecule has 3 heterocycles. The molecule has 4 aromatic rings. The number of aryl methyl sites for hydroxylation is 1. The SMILES string of the molecule is O=C(C=Cc1cc(Cl)ccc1-n1cnnn1)Nc1cc(F)cc2c1-c1ccnc(c1)CCC=CCCC(=O)N2. The lowest BCUT2D eigenvalue weighted by molar-refractivity contribution is -0.116. The van der Waals surface area contributed by atoms with Crippen LogP contribution in [0, 0.1) is 5.82 Å². The Bertz CT molecular complexity index is 1590. The van der Waals surface area contributed by atoms with Gasteiger partial charge >= 0.3 is 0 Å². The zero-order valence-corrected chi connectivity index (χ0v) is 21.4. The highest BCUT2D eigenvalue weighted by atomic mass is 35.5. The van der Waals surface area contributed by atoms with Crippen LogP contribution in [0.4, 0.5) is 15.8 Å². The number of carbonyl (C=O) groups excluding carboxylic acids is 2. The van der Waals surface area contributed by atoms with Crippen LogP contribution in [0.2, 0.25) is 5.02 Å². The summed E-state index contributed by atoms with van der Waals surface area (Å²) in [4.78, 5) is 30.1. The van der Waals surface area contributed by atoms with Crippen LogP contribution in [0.25, 0.3) is 22.9 Å². The van der Waals surface area contributed by atoms with Gasteiger partial charge in [-0.25, -0.2) is 4.39 Å². The van der Waals surface area contributed by atoms with Gasteiger partial charge in [0, 0.05) is 40.5 Å². The maximum absolute atomic E-state index is 14.8. The highest BCUT2D eigenvalue weighted by Gasteiger charge is 2.18. The van der Waals surface area contributed by atoms with Crippen molar-refractivity contribution in [1.29, 1.82) is 0 Å². The van der Waals surface area contributed by atoms with Gasteiger partial charge < -0.3 is 10.6 Å². The third-order valence-electron chi connectivity index (χ3n) is 6.01. The second kappa shape index (κ2) is 11.8. The van der Waals surface area contributed by atoms with Crippen LogP contribution >= 0.6 is 11.6 Å². The molecule has 2 N–H and O–H groups in total. The number of hydrogen-bond acceptors (Lipinski definition) is 6. The lowest BCUT2D eigenvalue weighted by atomic mass is 10.00. The molecule has 11 heteroatoms. The molecule has 2 aromatic heterocycles. The molecule has 0 spiro atoms. The molecule has 1 aliphatic rings. The van der Waals surface area contributed by atoms with E-state index in [0.29, 0.717) is 40.2 Å². The topological polar surface area (TPSA) is 115 Å². The summed E-state index contributed by atoms with van der Waals surface area (Å²) in [7, 11) is 0. The maximum Gasteiger partial charge on any atom is 0.248 e. The molecule has 0 saturated heterocycles. The molecule has 0 saturated carbocycles. The summed E-state index contributed by atoms with van der Waals surface area (Å²) in [5.74, 6) is -1.38. The molecule has 0 radical (unpaired) electrons. The quantitative estimate of drug-likeness (QED) is 0.263. The van der Waals surface area contributed by atoms with Gasteiger partial charge in [-0.2, -0.15) is 4.68 Å². The molecular formula is C28H23ClFN7O2. The Kier molecular flexibility index (Phi) is 7.83. The van der Waals surface area contributed by atoms with E-state index in [-0.39, 0.29) is 23.7 Å². The van der Waals surface area contributed by atoms with E-state index in [0.717, 1.165) is 12.1 Å². The molecule has 0 unspecified atom stereocenters. The van der Waals surface area contributed by atoms with Crippen LogP contribution in [0.1, 0.15) is 30.5 Å². The number of amides is 2. The first kappa shape index (κ1) is 25.9. The fourth-order valence-corrected chi connectivity index (χ4v) is 4.44. The van der Waals surface area contributed by atoms with Gasteiger partial charge in [-0.05, 0) is 83.8 Å². The third-order valence-corrected chi connectivity index (χ3v) is 6.25. The van der Waals surface area contributed by atoms with Crippen LogP contribution < -0.4 is 10.6 Å². The Morgan fingerprint density at radius 3 is 2.77 bits per heavy atom. The zero-order chi connectivity index (χ0) is 27.2. The molecule has 2 bridgehead atoms. The molecule has 0 fully saturated rings. The number of pyridine rings is 1. The number of anilines is 2. The second-order valence-electron chi connectivity index (χ2n) is 8.79. The number of carbonyl (C=O) groups is 2. The van der Waals surface area contributed by atoms with E-state index < -0.39 is 11.7 Å². The fourth-order valence-electron chi connectivity index (χ4n) is 4.26. The Hall–Kier alpha value is -4.70. The summed E-state index contributed by atoms with van der Waals surface area (Å²) in [6.45, 7) is 0. The first-order valence-corrected chi connectivity index (χ1v) is 12.6. The number of allylic oxidation sites excluding steroid dienone is 2. The second-order valence-corrected chi connectivity index (χ2v) is 9.23. The summed E-state index contributed by atoms with van der Waals surface area (Å²) in [6.07, 6.45) is 12.2. The predicted octanol–water partition coefficient (Wildman–Crippen LogP) is 5.39. The molecule has 5 rings (SSSR count). The molecule has 2 amide bonds. The lowest BCUT2D eigenvalue weighted by Gasteiger charge is -2.17. The van der Waals surface area contributed by atoms with Crippen molar-refractivity contribution in [2.75, 3.05) is 10.6 Å². The summed E-state index contributed by atoms with van der Waals surface area (Å²) >= 11 is 6.17. The summed E-state index contributed by atoms with van der Waals surface area (Å²) in [6, 6.07) is 11.2. The smallest absolute Gasteiger partial charge is 0.248 e. The van der Waals surface area contributed by atoms with Crippen LogP contribution in [0.15, 0.2) is 73.2 Å². The van der Waals surface area contributed by atoms with E-state index in [2.05, 4.69) is 31.1 Å². The first-order chi connectivity index (χ1) is 19.0. The van der Waals surface area contributed by atoms with Crippen molar-refractivity contribution < 1.29 is 14.0 Å². The van der Waals surface area contributed by atoms with Crippen molar-refractivity contribution in [3.63, 3.8) is 0 Å². The average Bonchev–Trinajstić information content (AvgIpc) is 3.44. The van der Waals surface area contributed by atoms with E-state index >= 15 is 0 Å². The van der Waals surface area contributed by atoms with Crippen molar-refractivity contribution in [1.82, 2.24) is 25.2 Å². The average molecular weight is 544 g/mol. The number of tetrazole rings is 1. The monoisotopic (exact) mass is 543 g/mol. The molecule has 196 valence electrons. The predicted molar refractivity (Wildman–Crippen MR) is 147 cm³/mol. The van der Waals surface area contributed by atoms with Crippen molar-refractivity contribution >= 4 is 40.9 Å². The van der Waals surface area contributed by atoms with E-state index in [1.165, 1.54) is 29.2 Å². The number of rotatable bonds is 4. The highest BCUT2D eigenvalue weighted by Crippen LogP contribution is 2.37. The van der Waals surface area contributed by atoms with Crippen LogP contribution in [0.3, 0.4) is 0 Å². The molecule has 39 heavy (non-hydrogen) atoms. The van der Waals surface area contributed by atoms with Gasteiger partial charge in [0.15, 0.2) is 0 Å². The van der Waals surface area contributed by atoms with Crippen molar-refractivity contribution in [2.45, 2.75) is 25.7 Å². The maximum atomic E-state index is 14.8. The van der Waals surface area contributed by atoms with Gasteiger partial charge in [0.1, 0.15) is 12.1 Å². The van der Waals surface area contributed by atoms with Gasteiger partial charge in [-0.3, -0.25) is 14.6 Å². The van der Waals surface area contributed by atoms with Gasteiger partial charge in [0.25, 0.3) is 0 Å². The normalized spacial score (nSPS) is 13.6. The third kappa shape index (κ3) is 6.42. The minimum absolute atomic E-state index is 0.205. The van der Waals surface area contributed by atoms with Gasteiger partial charge in [-0.1, -0.05) is 23.8 Å². The number of hydrogen-bond donors (Lipinski definition) is 2. The largest absolute Gasteiger partial charge is 0.325 e. The fraction of sp³-hybridized carbons (Fsp3) is 0.143. The number of nitrogens with one attached hydrogen (secondary N) is 2. The first-order valence-electron chi connectivity index (χ1n) is 12.2. The molecule has 0 aliphatic carbocycles. The van der Waals surface area contributed by atoms with E-state index in [4.69, 9.17) is 11.6 Å². The van der Waals surface area contributed by atoms with E-state index in [9.17, 15) is 14.0 Å². The van der Waals surface area contributed by atoms with Crippen molar-refractivity contribution in [3.05, 3.63) is 95.3 Å². The Morgan fingerprint density at radius 2 is 1.95 bits per heavy atom. The highest BCUT2D eigenvalue weighted by molar-refractivity contribution is 6.30. The number of aromatic nitrogens is 5.